The van der Waals surface area contributed by atoms with Gasteiger partial charge in [0, 0.05) is 6.08 Å². The van der Waals surface area contributed by atoms with Gasteiger partial charge in [-0.1, -0.05) is 30.3 Å². The van der Waals surface area contributed by atoms with E-state index >= 15 is 0 Å². The van der Waals surface area contributed by atoms with Crippen LogP contribution in [0.1, 0.15) is 18.2 Å². The number of esters is 1. The molecule has 0 radical (unpaired) electrons. The highest BCUT2D eigenvalue weighted by molar-refractivity contribution is 5.91. The Morgan fingerprint density at radius 1 is 1.16 bits per heavy atom. The first-order valence-electron chi connectivity index (χ1n) is 7.76. The number of hydrogen-bond donors (Lipinski definition) is 1. The second kappa shape index (κ2) is 9.22. The van der Waals surface area contributed by atoms with Gasteiger partial charge in [0.05, 0.1) is 12.3 Å². The van der Waals surface area contributed by atoms with Crippen molar-refractivity contribution < 1.29 is 23.5 Å². The van der Waals surface area contributed by atoms with Gasteiger partial charge in [-0.05, 0) is 37.1 Å². The van der Waals surface area contributed by atoms with E-state index in [2.05, 4.69) is 5.32 Å². The van der Waals surface area contributed by atoms with Crippen molar-refractivity contribution in [3.05, 3.63) is 66.1 Å². The highest BCUT2D eigenvalue weighted by Crippen LogP contribution is 2.04. The molecule has 1 heterocycles. The fraction of sp³-hybridized carbons (Fsp3) is 0.211. The predicted octanol–water partition coefficient (Wildman–Crippen LogP) is 2.15. The quantitative estimate of drug-likeness (QED) is 0.587. The molecule has 1 N–H and O–H groups in total. The number of nitrogens with one attached hydrogen (secondary N) is 1. The van der Waals surface area contributed by atoms with E-state index in [1.165, 1.54) is 25.3 Å². The second-order valence-electron chi connectivity index (χ2n) is 5.38. The molecule has 0 saturated heterocycles. The highest BCUT2D eigenvalue weighted by atomic mass is 16.5. The summed E-state index contributed by atoms with van der Waals surface area (Å²) in [5.74, 6) is -0.869. The van der Waals surface area contributed by atoms with Gasteiger partial charge in [-0.2, -0.15) is 0 Å². The third kappa shape index (κ3) is 6.47. The Morgan fingerprint density at radius 3 is 2.56 bits per heavy atom. The molecular formula is C19H19NO5. The normalized spacial score (nSPS) is 11.9. The fourth-order valence-electron chi connectivity index (χ4n) is 2.10. The van der Waals surface area contributed by atoms with Crippen molar-refractivity contribution in [3.63, 3.8) is 0 Å². The third-order valence-electron chi connectivity index (χ3n) is 3.38. The minimum Gasteiger partial charge on any atom is -0.465 e. The van der Waals surface area contributed by atoms with Crippen molar-refractivity contribution in [1.82, 2.24) is 5.32 Å². The van der Waals surface area contributed by atoms with Crippen molar-refractivity contribution >= 4 is 23.7 Å². The zero-order chi connectivity index (χ0) is 18.1. The van der Waals surface area contributed by atoms with Crippen molar-refractivity contribution in [3.8, 4) is 0 Å². The van der Waals surface area contributed by atoms with E-state index in [0.29, 0.717) is 12.2 Å². The number of ether oxygens (including phenoxy) is 1. The summed E-state index contributed by atoms with van der Waals surface area (Å²) in [4.78, 5) is 35.2. The largest absolute Gasteiger partial charge is 0.465 e. The maximum atomic E-state index is 11.9. The van der Waals surface area contributed by atoms with Crippen molar-refractivity contribution in [2.45, 2.75) is 19.4 Å². The first-order valence-corrected chi connectivity index (χ1v) is 7.76. The number of benzene rings is 1. The van der Waals surface area contributed by atoms with E-state index in [9.17, 15) is 14.4 Å². The number of amides is 1. The standard InChI is InChI=1S/C19H19NO5/c1-14(21)17(12-15-6-3-2-4-7-15)20-18(22)13-25-19(23)10-9-16-8-5-11-24-16/h2-11,17H,12-13H2,1H3,(H,20,22)/b10-9+/t17-/m0/s1. The Morgan fingerprint density at radius 2 is 1.92 bits per heavy atom. The van der Waals surface area contributed by atoms with Crippen molar-refractivity contribution in [1.29, 1.82) is 0 Å². The molecule has 0 aliphatic heterocycles. The number of rotatable bonds is 8. The molecule has 0 fully saturated rings. The number of furan rings is 1. The van der Waals surface area contributed by atoms with Gasteiger partial charge in [0.15, 0.2) is 12.4 Å². The van der Waals surface area contributed by atoms with Crippen LogP contribution >= 0.6 is 0 Å². The lowest BCUT2D eigenvalue weighted by Gasteiger charge is -2.16. The monoisotopic (exact) mass is 341 g/mol. The summed E-state index contributed by atoms with van der Waals surface area (Å²) >= 11 is 0. The summed E-state index contributed by atoms with van der Waals surface area (Å²) in [6, 6.07) is 12.1. The van der Waals surface area contributed by atoms with Crippen LogP contribution in [-0.2, 0) is 25.5 Å². The lowest BCUT2D eigenvalue weighted by molar-refractivity contribution is -0.144. The van der Waals surface area contributed by atoms with E-state index in [4.69, 9.17) is 9.15 Å². The van der Waals surface area contributed by atoms with Crippen LogP contribution in [0.15, 0.2) is 59.2 Å². The summed E-state index contributed by atoms with van der Waals surface area (Å²) in [6.45, 7) is 0.950. The first kappa shape index (κ1) is 18.2. The third-order valence-corrected chi connectivity index (χ3v) is 3.38. The molecular weight excluding hydrogens is 322 g/mol. The summed E-state index contributed by atoms with van der Waals surface area (Å²) in [5.41, 5.74) is 0.932. The maximum absolute atomic E-state index is 11.9. The number of ketones is 1. The molecule has 0 aliphatic rings. The van der Waals surface area contributed by atoms with E-state index < -0.39 is 24.5 Å². The molecule has 1 aromatic carbocycles. The van der Waals surface area contributed by atoms with Crippen molar-refractivity contribution in [2.75, 3.05) is 6.61 Å². The minimum absolute atomic E-state index is 0.166. The molecule has 1 atom stereocenters. The summed E-state index contributed by atoms with van der Waals surface area (Å²) in [6.07, 6.45) is 4.47. The molecule has 0 unspecified atom stereocenters. The maximum Gasteiger partial charge on any atom is 0.331 e. The van der Waals surface area contributed by atoms with E-state index in [-0.39, 0.29) is 5.78 Å². The van der Waals surface area contributed by atoms with Gasteiger partial charge in [0.25, 0.3) is 5.91 Å². The molecule has 130 valence electrons. The van der Waals surface area contributed by atoms with Crippen LogP contribution in [0.4, 0.5) is 0 Å². The summed E-state index contributed by atoms with van der Waals surface area (Å²) in [7, 11) is 0. The van der Waals surface area contributed by atoms with Gasteiger partial charge in [-0.25, -0.2) is 4.79 Å². The molecule has 0 aliphatic carbocycles. The second-order valence-corrected chi connectivity index (χ2v) is 5.38. The van der Waals surface area contributed by atoms with Crippen LogP contribution in [0, 0.1) is 0 Å². The Balaban J connectivity index is 1.80. The summed E-state index contributed by atoms with van der Waals surface area (Å²) < 4.78 is 9.88. The Hall–Kier alpha value is -3.15. The molecule has 2 aromatic rings. The molecule has 0 bridgehead atoms. The SMILES string of the molecule is CC(=O)[C@H](Cc1ccccc1)NC(=O)COC(=O)/C=C/c1ccco1. The molecule has 6 nitrogen and oxygen atoms in total. The van der Waals surface area contributed by atoms with Crippen molar-refractivity contribution in [2.24, 2.45) is 0 Å². The molecule has 6 heteroatoms. The molecule has 1 amide bonds. The Labute approximate surface area is 145 Å². The van der Waals surface area contributed by atoms with Gasteiger partial charge >= 0.3 is 5.97 Å². The Kier molecular flexibility index (Phi) is 6.71. The Bertz CT molecular complexity index is 734. The van der Waals surface area contributed by atoms with Gasteiger partial charge in [0.2, 0.25) is 0 Å². The van der Waals surface area contributed by atoms with Gasteiger partial charge in [-0.3, -0.25) is 9.59 Å². The predicted molar refractivity (Wildman–Crippen MR) is 91.5 cm³/mol. The topological polar surface area (TPSA) is 85.6 Å². The molecule has 2 rings (SSSR count). The zero-order valence-corrected chi connectivity index (χ0v) is 13.8. The number of Topliss-reactive ketones (excluding diaryl/α,β-unsaturated/α-hetero) is 1. The minimum atomic E-state index is -0.672. The van der Waals surface area contributed by atoms with Crippen LogP contribution in [0.3, 0.4) is 0 Å². The van der Waals surface area contributed by atoms with Crippen LogP contribution in [0.25, 0.3) is 6.08 Å². The lowest BCUT2D eigenvalue weighted by Crippen LogP contribution is -2.43. The van der Waals surface area contributed by atoms with Gasteiger partial charge in [-0.15, -0.1) is 0 Å². The lowest BCUT2D eigenvalue weighted by atomic mass is 10.0. The van der Waals surface area contributed by atoms with Crippen LogP contribution < -0.4 is 5.32 Å². The van der Waals surface area contributed by atoms with Crippen LogP contribution in [0.2, 0.25) is 0 Å². The molecule has 25 heavy (non-hydrogen) atoms. The highest BCUT2D eigenvalue weighted by Gasteiger charge is 2.18. The summed E-state index contributed by atoms with van der Waals surface area (Å²) in [5, 5.41) is 2.58. The number of carbonyl (C=O) groups excluding carboxylic acids is 3. The first-order chi connectivity index (χ1) is 12.0. The van der Waals surface area contributed by atoms with Crippen LogP contribution in [-0.4, -0.2) is 30.3 Å². The van der Waals surface area contributed by atoms with E-state index in [0.717, 1.165) is 5.56 Å². The van der Waals surface area contributed by atoms with Gasteiger partial charge in [0.1, 0.15) is 5.76 Å². The van der Waals surface area contributed by atoms with Gasteiger partial charge < -0.3 is 14.5 Å². The molecule has 0 saturated carbocycles. The smallest absolute Gasteiger partial charge is 0.331 e. The fourth-order valence-corrected chi connectivity index (χ4v) is 2.10. The van der Waals surface area contributed by atoms with E-state index in [1.54, 1.807) is 12.1 Å². The molecule has 0 spiro atoms. The van der Waals surface area contributed by atoms with Crippen LogP contribution in [0.5, 0.6) is 0 Å². The zero-order valence-electron chi connectivity index (χ0n) is 13.8. The number of carbonyl (C=O) groups is 3. The molecule has 1 aromatic heterocycles. The number of hydrogen-bond acceptors (Lipinski definition) is 5. The average Bonchev–Trinajstić information content (AvgIpc) is 3.12. The average molecular weight is 341 g/mol. The van der Waals surface area contributed by atoms with E-state index in [1.807, 2.05) is 30.3 Å².